The van der Waals surface area contributed by atoms with Gasteiger partial charge in [0, 0.05) is 43.8 Å². The van der Waals surface area contributed by atoms with Gasteiger partial charge in [-0.15, -0.1) is 0 Å². The van der Waals surface area contributed by atoms with Crippen molar-refractivity contribution in [2.24, 2.45) is 4.99 Å². The van der Waals surface area contributed by atoms with Crippen LogP contribution in [-0.2, 0) is 27.4 Å². The maximum Gasteiger partial charge on any atom is 0.421 e. The lowest BCUT2D eigenvalue weighted by atomic mass is 10.1. The Bertz CT molecular complexity index is 1310. The molecule has 1 amide bonds. The summed E-state index contributed by atoms with van der Waals surface area (Å²) >= 11 is 0. The van der Waals surface area contributed by atoms with E-state index in [1.54, 1.807) is 31.2 Å². The molecule has 0 aliphatic carbocycles. The Labute approximate surface area is 200 Å². The molecule has 0 radical (unpaired) electrons. The Kier molecular flexibility index (Phi) is 7.33. The Morgan fingerprint density at radius 3 is 2.66 bits per heavy atom. The van der Waals surface area contributed by atoms with Gasteiger partial charge in [0.25, 0.3) is 0 Å². The van der Waals surface area contributed by atoms with Gasteiger partial charge < -0.3 is 16.0 Å². The first kappa shape index (κ1) is 25.9. The van der Waals surface area contributed by atoms with E-state index in [1.165, 1.54) is 14.1 Å². The second-order valence-electron chi connectivity index (χ2n) is 7.62. The highest BCUT2D eigenvalue weighted by Gasteiger charge is 2.35. The van der Waals surface area contributed by atoms with Crippen molar-refractivity contribution >= 4 is 44.9 Å². The van der Waals surface area contributed by atoms with Gasteiger partial charge in [-0.2, -0.15) is 18.2 Å². The molecule has 0 unspecified atom stereocenters. The van der Waals surface area contributed by atoms with E-state index in [-0.39, 0.29) is 30.7 Å². The molecule has 188 valence electrons. The molecule has 0 atom stereocenters. The largest absolute Gasteiger partial charge is 0.421 e. The number of nitrogens with one attached hydrogen (secondary N) is 3. The Morgan fingerprint density at radius 1 is 1.34 bits per heavy atom. The summed E-state index contributed by atoms with van der Waals surface area (Å²) in [6.07, 6.45) is -1.34. The van der Waals surface area contributed by atoms with E-state index in [1.807, 2.05) is 0 Å². The van der Waals surface area contributed by atoms with Crippen LogP contribution in [0.4, 0.5) is 36.3 Å². The Hall–Kier alpha value is -3.68. The van der Waals surface area contributed by atoms with E-state index in [9.17, 15) is 26.4 Å². The molecule has 35 heavy (non-hydrogen) atoms. The van der Waals surface area contributed by atoms with Gasteiger partial charge in [0.15, 0.2) is 0 Å². The van der Waals surface area contributed by atoms with Crippen LogP contribution in [0.2, 0.25) is 0 Å². The number of halogens is 3. The molecule has 0 spiro atoms. The predicted molar refractivity (Wildman–Crippen MR) is 127 cm³/mol. The molecule has 3 N–H and O–H groups in total. The summed E-state index contributed by atoms with van der Waals surface area (Å²) in [5.41, 5.74) is 1.16. The first-order chi connectivity index (χ1) is 16.3. The molecule has 0 saturated heterocycles. The number of nitrogens with zero attached hydrogens (tertiary/aromatic N) is 4. The van der Waals surface area contributed by atoms with Crippen molar-refractivity contribution in [3.8, 4) is 0 Å². The number of likely N-dealkylation sites (N-methyl/N-ethyl adjacent to an activating group) is 1. The monoisotopic (exact) mass is 511 g/mol. The number of hydrogen-bond donors (Lipinski definition) is 3. The minimum absolute atomic E-state index is 0.0739. The number of anilines is 4. The third-order valence-corrected chi connectivity index (χ3v) is 6.34. The summed E-state index contributed by atoms with van der Waals surface area (Å²) in [5.74, 6) is -0.669. The molecule has 3 rings (SSSR count). The molecule has 14 heteroatoms. The zero-order valence-electron chi connectivity index (χ0n) is 19.4. The lowest BCUT2D eigenvalue weighted by Gasteiger charge is -2.22. The van der Waals surface area contributed by atoms with Crippen molar-refractivity contribution < 1.29 is 26.4 Å². The fourth-order valence-corrected chi connectivity index (χ4v) is 3.87. The smallest absolute Gasteiger partial charge is 0.365 e. The van der Waals surface area contributed by atoms with E-state index >= 15 is 0 Å². The van der Waals surface area contributed by atoms with Crippen LogP contribution in [0.15, 0.2) is 41.0 Å². The zero-order valence-corrected chi connectivity index (χ0v) is 20.2. The minimum Gasteiger partial charge on any atom is -0.365 e. The number of amidine groups is 1. The standard InChI is InChI=1S/C21H24F3N7O3S/c1-5-12(19(25-2)31(3)35(4,33)34)10-26-18-15(21(22,23)24)11-27-20(30-18)28-14-6-7-16-13(8-14)9-17(32)29-16/h5-8,11H,9-10H2,1-4H3,(H,29,32)(H2,26,27,28,30)/b12-5-,25-19+. The molecule has 0 saturated carbocycles. The number of alkyl halides is 3. The van der Waals surface area contributed by atoms with Crippen LogP contribution in [0.5, 0.6) is 0 Å². The normalized spacial score (nSPS) is 14.4. The van der Waals surface area contributed by atoms with E-state index < -0.39 is 27.6 Å². The summed E-state index contributed by atoms with van der Waals surface area (Å²) in [7, 11) is -0.957. The number of sulfonamides is 1. The summed E-state index contributed by atoms with van der Waals surface area (Å²) in [4.78, 5) is 23.3. The number of rotatable bonds is 7. The number of allylic oxidation sites excluding steroid dienone is 1. The summed E-state index contributed by atoms with van der Waals surface area (Å²) < 4.78 is 65.6. The Balaban J connectivity index is 1.87. The molecule has 2 aromatic rings. The van der Waals surface area contributed by atoms with Crippen LogP contribution in [0.3, 0.4) is 0 Å². The van der Waals surface area contributed by atoms with Crippen molar-refractivity contribution in [1.82, 2.24) is 14.3 Å². The van der Waals surface area contributed by atoms with Gasteiger partial charge in [-0.1, -0.05) is 6.08 Å². The molecule has 10 nitrogen and oxygen atoms in total. The van der Waals surface area contributed by atoms with Crippen LogP contribution < -0.4 is 16.0 Å². The Morgan fingerprint density at radius 2 is 2.06 bits per heavy atom. The summed E-state index contributed by atoms with van der Waals surface area (Å²) in [6.45, 7) is 1.43. The number of amides is 1. The second kappa shape index (κ2) is 9.90. The van der Waals surface area contributed by atoms with E-state index in [2.05, 4.69) is 30.9 Å². The molecule has 1 aliphatic rings. The van der Waals surface area contributed by atoms with E-state index in [0.717, 1.165) is 16.1 Å². The lowest BCUT2D eigenvalue weighted by Crippen LogP contribution is -2.35. The number of benzene rings is 1. The highest BCUT2D eigenvalue weighted by molar-refractivity contribution is 7.88. The third kappa shape index (κ3) is 6.07. The van der Waals surface area contributed by atoms with Crippen molar-refractivity contribution in [1.29, 1.82) is 0 Å². The van der Waals surface area contributed by atoms with Crippen LogP contribution in [0.1, 0.15) is 18.1 Å². The third-order valence-electron chi connectivity index (χ3n) is 5.17. The number of hydrogen-bond acceptors (Lipinski definition) is 8. The highest BCUT2D eigenvalue weighted by Crippen LogP contribution is 2.34. The fourth-order valence-electron chi connectivity index (χ4n) is 3.35. The van der Waals surface area contributed by atoms with Crippen molar-refractivity contribution in [3.05, 3.63) is 47.2 Å². The first-order valence-corrected chi connectivity index (χ1v) is 12.1. The molecule has 1 aromatic heterocycles. The van der Waals surface area contributed by atoms with Gasteiger partial charge >= 0.3 is 6.18 Å². The molecular weight excluding hydrogens is 487 g/mol. The summed E-state index contributed by atoms with van der Waals surface area (Å²) in [5, 5.41) is 8.17. The summed E-state index contributed by atoms with van der Waals surface area (Å²) in [6, 6.07) is 5.00. The topological polar surface area (TPSA) is 129 Å². The molecule has 1 aliphatic heterocycles. The van der Waals surface area contributed by atoms with Gasteiger partial charge in [-0.3, -0.25) is 14.1 Å². The molecule has 1 aromatic carbocycles. The average molecular weight is 512 g/mol. The van der Waals surface area contributed by atoms with Gasteiger partial charge in [0.1, 0.15) is 17.2 Å². The number of aromatic nitrogens is 2. The SMILES string of the molecule is C/C=C(CNc1nc(Nc2ccc3c(c2)CC(=O)N3)ncc1C(F)(F)F)\C(=N/C)N(C)S(C)(=O)=O. The van der Waals surface area contributed by atoms with E-state index in [4.69, 9.17) is 0 Å². The van der Waals surface area contributed by atoms with Crippen LogP contribution in [0, 0.1) is 0 Å². The maximum absolute atomic E-state index is 13.6. The van der Waals surface area contributed by atoms with E-state index in [0.29, 0.717) is 23.1 Å². The van der Waals surface area contributed by atoms with Crippen LogP contribution in [-0.4, -0.2) is 61.3 Å². The number of fused-ring (bicyclic) bond motifs is 1. The maximum atomic E-state index is 13.6. The predicted octanol–water partition coefficient (Wildman–Crippen LogP) is 3.01. The minimum atomic E-state index is -4.73. The molecule has 0 bridgehead atoms. The first-order valence-electron chi connectivity index (χ1n) is 10.3. The van der Waals surface area contributed by atoms with Crippen LogP contribution >= 0.6 is 0 Å². The second-order valence-corrected chi connectivity index (χ2v) is 9.63. The fraction of sp³-hybridized carbons (Fsp3) is 0.333. The van der Waals surface area contributed by atoms with Crippen LogP contribution in [0.25, 0.3) is 0 Å². The molecule has 2 heterocycles. The molecular formula is C21H24F3N7O3S. The molecule has 0 fully saturated rings. The van der Waals surface area contributed by atoms with Gasteiger partial charge in [0.05, 0.1) is 12.7 Å². The van der Waals surface area contributed by atoms with Crippen molar-refractivity contribution in [3.63, 3.8) is 0 Å². The van der Waals surface area contributed by atoms with Gasteiger partial charge in [-0.25, -0.2) is 13.4 Å². The number of carbonyl (C=O) groups excluding carboxylic acids is 1. The zero-order chi connectivity index (χ0) is 26.0. The number of carbonyl (C=O) groups is 1. The van der Waals surface area contributed by atoms with Crippen molar-refractivity contribution in [2.75, 3.05) is 42.8 Å². The quantitative estimate of drug-likeness (QED) is 0.385. The van der Waals surface area contributed by atoms with Gasteiger partial charge in [0.2, 0.25) is 21.9 Å². The van der Waals surface area contributed by atoms with Crippen molar-refractivity contribution in [2.45, 2.75) is 19.5 Å². The lowest BCUT2D eigenvalue weighted by molar-refractivity contribution is -0.137. The number of aliphatic imine (C=N–C) groups is 1. The average Bonchev–Trinajstić information content (AvgIpc) is 3.14. The van der Waals surface area contributed by atoms with Gasteiger partial charge in [-0.05, 0) is 30.7 Å². The highest BCUT2D eigenvalue weighted by atomic mass is 32.2.